The molecule has 2 N–H and O–H groups in total. The summed E-state index contributed by atoms with van der Waals surface area (Å²) in [6, 6.07) is 25.7. The standard InChI is InChI=1S/C24H24N2OS2/c1-18-13-14-22(19(2)15-18)26-24(28)25-16-23(21-11-7-4-8-12-21)29(27)17-20-9-5-3-6-10-20/h3-16H,17H2,1-2H3,(H2,25,26,28)/b23-16-/t29-/m0/s1. The van der Waals surface area contributed by atoms with Crippen LogP contribution in [0.2, 0.25) is 0 Å². The van der Waals surface area contributed by atoms with E-state index in [-0.39, 0.29) is 0 Å². The predicted octanol–water partition coefficient (Wildman–Crippen LogP) is 5.54. The van der Waals surface area contributed by atoms with Gasteiger partial charge in [0.1, 0.15) is 0 Å². The van der Waals surface area contributed by atoms with Gasteiger partial charge in [0.15, 0.2) is 5.11 Å². The summed E-state index contributed by atoms with van der Waals surface area (Å²) in [6.45, 7) is 4.10. The third-order valence-corrected chi connectivity index (χ3v) is 6.07. The lowest BCUT2D eigenvalue weighted by Crippen LogP contribution is -2.24. The first-order chi connectivity index (χ1) is 14.0. The third kappa shape index (κ3) is 6.11. The van der Waals surface area contributed by atoms with Crippen molar-refractivity contribution in [1.82, 2.24) is 5.32 Å². The molecule has 0 aliphatic heterocycles. The first-order valence-electron chi connectivity index (χ1n) is 9.35. The Morgan fingerprint density at radius 3 is 2.28 bits per heavy atom. The monoisotopic (exact) mass is 420 g/mol. The van der Waals surface area contributed by atoms with Crippen LogP contribution in [-0.4, -0.2) is 9.32 Å². The van der Waals surface area contributed by atoms with Gasteiger partial charge in [0, 0.05) is 11.9 Å². The normalized spacial score (nSPS) is 12.3. The van der Waals surface area contributed by atoms with Crippen molar-refractivity contribution in [3.05, 3.63) is 107 Å². The maximum absolute atomic E-state index is 13.1. The Hall–Kier alpha value is -2.76. The highest BCUT2D eigenvalue weighted by Gasteiger charge is 2.12. The van der Waals surface area contributed by atoms with E-state index in [1.54, 1.807) is 6.20 Å². The molecule has 0 aromatic heterocycles. The molecule has 0 bridgehead atoms. The average Bonchev–Trinajstić information content (AvgIpc) is 2.72. The third-order valence-electron chi connectivity index (χ3n) is 4.41. The van der Waals surface area contributed by atoms with E-state index in [0.29, 0.717) is 15.8 Å². The summed E-state index contributed by atoms with van der Waals surface area (Å²) >= 11 is 5.45. The van der Waals surface area contributed by atoms with E-state index in [0.717, 1.165) is 22.4 Å². The minimum absolute atomic E-state index is 0.445. The van der Waals surface area contributed by atoms with Crippen molar-refractivity contribution in [2.24, 2.45) is 0 Å². The van der Waals surface area contributed by atoms with E-state index in [1.807, 2.05) is 79.7 Å². The Balaban J connectivity index is 1.77. The second-order valence-corrected chi connectivity index (χ2v) is 8.59. The van der Waals surface area contributed by atoms with Crippen LogP contribution in [0.25, 0.3) is 4.91 Å². The number of rotatable bonds is 6. The fraction of sp³-hybridized carbons (Fsp3) is 0.125. The van der Waals surface area contributed by atoms with Gasteiger partial charge in [0.2, 0.25) is 0 Å². The van der Waals surface area contributed by atoms with Gasteiger partial charge in [-0.1, -0.05) is 78.4 Å². The average molecular weight is 421 g/mol. The zero-order valence-corrected chi connectivity index (χ0v) is 18.1. The van der Waals surface area contributed by atoms with Crippen LogP contribution in [-0.2, 0) is 16.6 Å². The summed E-state index contributed by atoms with van der Waals surface area (Å²) < 4.78 is 13.1. The van der Waals surface area contributed by atoms with Crippen LogP contribution < -0.4 is 10.6 Å². The highest BCUT2D eigenvalue weighted by molar-refractivity contribution is 7.93. The molecule has 0 heterocycles. The van der Waals surface area contributed by atoms with Gasteiger partial charge in [-0.05, 0) is 48.8 Å². The fourth-order valence-corrected chi connectivity index (χ4v) is 4.34. The summed E-state index contributed by atoms with van der Waals surface area (Å²) in [5, 5.41) is 6.77. The van der Waals surface area contributed by atoms with E-state index >= 15 is 0 Å². The molecule has 0 unspecified atom stereocenters. The SMILES string of the molecule is Cc1ccc(NC(=S)N/C=C(/c2ccccc2)[S@@](=O)Cc2ccccc2)c(C)c1. The molecule has 3 aromatic rings. The van der Waals surface area contributed by atoms with Crippen molar-refractivity contribution in [2.75, 3.05) is 5.32 Å². The minimum atomic E-state index is -1.22. The molecule has 0 spiro atoms. The zero-order valence-electron chi connectivity index (χ0n) is 16.5. The maximum Gasteiger partial charge on any atom is 0.174 e. The lowest BCUT2D eigenvalue weighted by Gasteiger charge is -2.13. The molecule has 5 heteroatoms. The number of aryl methyl sites for hydroxylation is 2. The molecule has 0 radical (unpaired) electrons. The molecule has 29 heavy (non-hydrogen) atoms. The van der Waals surface area contributed by atoms with E-state index < -0.39 is 10.8 Å². The molecule has 3 nitrogen and oxygen atoms in total. The molecule has 0 saturated heterocycles. The van der Waals surface area contributed by atoms with Gasteiger partial charge in [0.05, 0.1) is 21.5 Å². The number of benzene rings is 3. The van der Waals surface area contributed by atoms with Crippen molar-refractivity contribution >= 4 is 38.7 Å². The summed E-state index contributed by atoms with van der Waals surface area (Å²) in [4.78, 5) is 0.708. The summed E-state index contributed by atoms with van der Waals surface area (Å²) in [7, 11) is -1.22. The number of thiocarbonyl (C=S) groups is 1. The molecule has 0 fully saturated rings. The van der Waals surface area contributed by atoms with Gasteiger partial charge in [-0.3, -0.25) is 4.21 Å². The van der Waals surface area contributed by atoms with E-state index in [9.17, 15) is 4.21 Å². The van der Waals surface area contributed by atoms with Crippen LogP contribution in [0.1, 0.15) is 22.3 Å². The number of nitrogens with one attached hydrogen (secondary N) is 2. The quantitative estimate of drug-likeness (QED) is 0.514. The first-order valence-corrected chi connectivity index (χ1v) is 11.1. The van der Waals surface area contributed by atoms with E-state index in [4.69, 9.17) is 12.2 Å². The summed E-state index contributed by atoms with van der Waals surface area (Å²) in [6.07, 6.45) is 1.74. The largest absolute Gasteiger partial charge is 0.338 e. The number of hydrogen-bond acceptors (Lipinski definition) is 2. The lowest BCUT2D eigenvalue weighted by molar-refractivity contribution is 0.688. The lowest BCUT2D eigenvalue weighted by atomic mass is 10.1. The second kappa shape index (κ2) is 10.1. The molecule has 3 aromatic carbocycles. The topological polar surface area (TPSA) is 41.1 Å². The van der Waals surface area contributed by atoms with Crippen LogP contribution in [0.3, 0.4) is 0 Å². The Kier molecular flexibility index (Phi) is 7.33. The summed E-state index contributed by atoms with van der Waals surface area (Å²) in [5.74, 6) is 0.445. The zero-order chi connectivity index (χ0) is 20.6. The van der Waals surface area contributed by atoms with Crippen molar-refractivity contribution < 1.29 is 4.21 Å². The Morgan fingerprint density at radius 2 is 1.62 bits per heavy atom. The molecule has 148 valence electrons. The van der Waals surface area contributed by atoms with Crippen molar-refractivity contribution in [3.8, 4) is 0 Å². The predicted molar refractivity (Wildman–Crippen MR) is 128 cm³/mol. The van der Waals surface area contributed by atoms with E-state index in [2.05, 4.69) is 23.6 Å². The van der Waals surface area contributed by atoms with Crippen LogP contribution in [0, 0.1) is 13.8 Å². The van der Waals surface area contributed by atoms with Gasteiger partial charge in [-0.25, -0.2) is 0 Å². The van der Waals surface area contributed by atoms with Gasteiger partial charge in [-0.15, -0.1) is 0 Å². The Labute approximate surface area is 180 Å². The molecular weight excluding hydrogens is 396 g/mol. The van der Waals surface area contributed by atoms with Gasteiger partial charge < -0.3 is 10.6 Å². The number of anilines is 1. The van der Waals surface area contributed by atoms with Crippen molar-refractivity contribution in [2.45, 2.75) is 19.6 Å². The molecule has 1 atom stereocenters. The second-order valence-electron chi connectivity index (χ2n) is 6.77. The smallest absolute Gasteiger partial charge is 0.174 e. The van der Waals surface area contributed by atoms with Crippen molar-refractivity contribution in [3.63, 3.8) is 0 Å². The van der Waals surface area contributed by atoms with Crippen molar-refractivity contribution in [1.29, 1.82) is 0 Å². The Morgan fingerprint density at radius 1 is 0.966 bits per heavy atom. The Bertz CT molecular complexity index is 1030. The first kappa shape index (κ1) is 21.0. The maximum atomic E-state index is 13.1. The van der Waals surface area contributed by atoms with Gasteiger partial charge >= 0.3 is 0 Å². The number of hydrogen-bond donors (Lipinski definition) is 2. The van der Waals surface area contributed by atoms with Gasteiger partial charge in [-0.2, -0.15) is 0 Å². The molecule has 0 saturated carbocycles. The van der Waals surface area contributed by atoms with Crippen LogP contribution in [0.15, 0.2) is 85.1 Å². The molecule has 0 aliphatic rings. The van der Waals surface area contributed by atoms with Gasteiger partial charge in [0.25, 0.3) is 0 Å². The molecule has 3 rings (SSSR count). The molecule has 0 amide bonds. The van der Waals surface area contributed by atoms with Crippen LogP contribution >= 0.6 is 12.2 Å². The summed E-state index contributed by atoms with van der Waals surface area (Å²) in [5.41, 5.74) is 5.21. The minimum Gasteiger partial charge on any atom is -0.338 e. The highest BCUT2D eigenvalue weighted by Crippen LogP contribution is 2.21. The molecular formula is C24H24N2OS2. The highest BCUT2D eigenvalue weighted by atomic mass is 32.2. The van der Waals surface area contributed by atoms with Crippen LogP contribution in [0.5, 0.6) is 0 Å². The fourth-order valence-electron chi connectivity index (χ4n) is 2.93. The molecule has 0 aliphatic carbocycles. The van der Waals surface area contributed by atoms with E-state index in [1.165, 1.54) is 5.56 Å². The van der Waals surface area contributed by atoms with Crippen LogP contribution in [0.4, 0.5) is 5.69 Å².